The van der Waals surface area contributed by atoms with Crippen LogP contribution in [0.1, 0.15) is 303 Å². The molecule has 11 heteroatoms. The minimum Gasteiger partial charge on any atom is -0.466 e. The number of hydrogen-bond acceptors (Lipinski definition) is 10. The minimum atomic E-state index is -1.57. The number of carbonyl (C=O) groups excluding carboxylic acids is 2. The Morgan fingerprint density at radius 1 is 0.486 bits per heavy atom. The number of rotatable bonds is 55. The molecule has 1 amide bonds. The molecule has 0 radical (unpaired) electrons. The van der Waals surface area contributed by atoms with Crippen LogP contribution in [-0.2, 0) is 23.8 Å². The van der Waals surface area contributed by atoms with E-state index < -0.39 is 49.5 Å². The third-order valence-corrected chi connectivity index (χ3v) is 15.1. The number of aliphatic hydroxyl groups excluding tert-OH is 5. The SMILES string of the molecule is CCCCCCCCCCCC/C=C/C(O)C(COC1OC(CO)C(O)C(O)C1O)NC(=O)CCCCCCCCC/C=C\CCCCCCCCCCCCCCOC(=O)CCCCCCCCCCCCC. The smallest absolute Gasteiger partial charge is 0.305 e. The van der Waals surface area contributed by atoms with Gasteiger partial charge in [0.25, 0.3) is 0 Å². The van der Waals surface area contributed by atoms with Crippen LogP contribution < -0.4 is 5.32 Å². The first-order valence-electron chi connectivity index (χ1n) is 31.6. The lowest BCUT2D eigenvalue weighted by Crippen LogP contribution is -2.60. The van der Waals surface area contributed by atoms with Gasteiger partial charge in [0, 0.05) is 12.8 Å². The second kappa shape index (κ2) is 53.2. The topological polar surface area (TPSA) is 175 Å². The van der Waals surface area contributed by atoms with Crippen LogP contribution >= 0.6 is 0 Å². The minimum absolute atomic E-state index is 0.000366. The predicted octanol–water partition coefficient (Wildman–Crippen LogP) is 14.9. The molecule has 436 valence electrons. The van der Waals surface area contributed by atoms with Crippen molar-refractivity contribution in [3.05, 3.63) is 24.3 Å². The molecule has 0 spiro atoms. The maximum atomic E-state index is 13.0. The van der Waals surface area contributed by atoms with Gasteiger partial charge < -0.3 is 45.1 Å². The summed E-state index contributed by atoms with van der Waals surface area (Å²) in [6, 6.07) is -0.813. The fraction of sp³-hybridized carbons (Fsp3) is 0.905. The number of aliphatic hydroxyl groups is 5. The molecular formula is C63H119NO10. The summed E-state index contributed by atoms with van der Waals surface area (Å²) in [5.74, 6) is -0.188. The largest absolute Gasteiger partial charge is 0.466 e. The molecule has 0 aliphatic carbocycles. The summed E-state index contributed by atoms with van der Waals surface area (Å²) < 4.78 is 16.7. The molecule has 11 nitrogen and oxygen atoms in total. The Hall–Kier alpha value is -1.86. The molecule has 1 heterocycles. The number of ether oxygens (including phenoxy) is 3. The van der Waals surface area contributed by atoms with Gasteiger partial charge in [0.1, 0.15) is 24.4 Å². The van der Waals surface area contributed by atoms with Crippen LogP contribution in [-0.4, -0.2) is 100 Å². The van der Waals surface area contributed by atoms with Crippen molar-refractivity contribution < 1.29 is 49.3 Å². The van der Waals surface area contributed by atoms with E-state index in [4.69, 9.17) is 14.2 Å². The normalized spacial score (nSPS) is 18.9. The number of esters is 1. The zero-order valence-electron chi connectivity index (χ0n) is 48.1. The summed E-state index contributed by atoms with van der Waals surface area (Å²) in [7, 11) is 0. The Bertz CT molecular complexity index is 1280. The van der Waals surface area contributed by atoms with E-state index >= 15 is 0 Å². The summed E-state index contributed by atoms with van der Waals surface area (Å²) >= 11 is 0. The van der Waals surface area contributed by atoms with Gasteiger partial charge in [-0.3, -0.25) is 9.59 Å². The van der Waals surface area contributed by atoms with E-state index in [1.54, 1.807) is 6.08 Å². The fourth-order valence-electron chi connectivity index (χ4n) is 10.0. The van der Waals surface area contributed by atoms with Gasteiger partial charge in [0.05, 0.1) is 32.0 Å². The lowest BCUT2D eigenvalue weighted by molar-refractivity contribution is -0.302. The zero-order valence-corrected chi connectivity index (χ0v) is 48.1. The van der Waals surface area contributed by atoms with Gasteiger partial charge in [-0.05, 0) is 57.8 Å². The maximum Gasteiger partial charge on any atom is 0.305 e. The van der Waals surface area contributed by atoms with Gasteiger partial charge >= 0.3 is 5.97 Å². The van der Waals surface area contributed by atoms with Gasteiger partial charge in [-0.2, -0.15) is 0 Å². The average molecular weight is 1050 g/mol. The molecule has 1 aliphatic heterocycles. The van der Waals surface area contributed by atoms with Crippen molar-refractivity contribution in [3.63, 3.8) is 0 Å². The van der Waals surface area contributed by atoms with E-state index in [9.17, 15) is 35.1 Å². The molecule has 7 unspecified atom stereocenters. The number of hydrogen-bond donors (Lipinski definition) is 6. The Morgan fingerprint density at radius 2 is 0.865 bits per heavy atom. The molecule has 0 aromatic heterocycles. The molecule has 7 atom stereocenters. The highest BCUT2D eigenvalue weighted by Gasteiger charge is 2.44. The van der Waals surface area contributed by atoms with E-state index in [0.29, 0.717) is 19.4 Å². The first-order valence-corrected chi connectivity index (χ1v) is 31.6. The van der Waals surface area contributed by atoms with Crippen LogP contribution in [0.15, 0.2) is 24.3 Å². The molecule has 74 heavy (non-hydrogen) atoms. The van der Waals surface area contributed by atoms with Crippen LogP contribution in [0.25, 0.3) is 0 Å². The van der Waals surface area contributed by atoms with E-state index in [1.807, 2.05) is 6.08 Å². The van der Waals surface area contributed by atoms with Gasteiger partial charge in [-0.1, -0.05) is 256 Å². The highest BCUT2D eigenvalue weighted by molar-refractivity contribution is 5.76. The van der Waals surface area contributed by atoms with Crippen molar-refractivity contribution in [2.75, 3.05) is 19.8 Å². The number of allylic oxidation sites excluding steroid dienone is 3. The second-order valence-corrected chi connectivity index (χ2v) is 22.1. The van der Waals surface area contributed by atoms with Gasteiger partial charge in [-0.25, -0.2) is 0 Å². The number of unbranched alkanes of at least 4 members (excludes halogenated alkanes) is 39. The van der Waals surface area contributed by atoms with E-state index in [1.165, 1.54) is 205 Å². The molecule has 1 fully saturated rings. The summed E-state index contributed by atoms with van der Waals surface area (Å²) in [5, 5.41) is 54.4. The highest BCUT2D eigenvalue weighted by Crippen LogP contribution is 2.23. The molecule has 0 saturated carbocycles. The van der Waals surface area contributed by atoms with Crippen molar-refractivity contribution in [2.24, 2.45) is 0 Å². The maximum absolute atomic E-state index is 13.0. The third-order valence-electron chi connectivity index (χ3n) is 15.1. The molecule has 0 aromatic rings. The Labute approximate surface area is 454 Å². The Morgan fingerprint density at radius 3 is 1.30 bits per heavy atom. The monoisotopic (exact) mass is 1050 g/mol. The predicted molar refractivity (Wildman–Crippen MR) is 306 cm³/mol. The van der Waals surface area contributed by atoms with Crippen LogP contribution in [0.3, 0.4) is 0 Å². The molecule has 0 bridgehead atoms. The molecule has 6 N–H and O–H groups in total. The molecular weight excluding hydrogens is 931 g/mol. The number of carbonyl (C=O) groups is 2. The lowest BCUT2D eigenvalue weighted by atomic mass is 9.99. The standard InChI is InChI=1S/C63H119NO10/c1-3-5-7-9-11-13-15-30-33-37-41-45-49-56(66)55(54-73-63-62(71)61(70)60(69)57(53-65)74-63)64-58(67)50-46-42-38-34-31-27-25-23-21-19-17-16-18-20-22-24-26-28-32-36-40-44-48-52-72-59(68)51-47-43-39-35-29-14-12-10-8-6-4-2/h19,21,45,49,55-57,60-63,65-66,69-71H,3-18,20,22-44,46-48,50-54H2,1-2H3,(H,64,67)/b21-19-,49-45+. The van der Waals surface area contributed by atoms with E-state index in [-0.39, 0.29) is 18.5 Å². The van der Waals surface area contributed by atoms with Gasteiger partial charge in [0.2, 0.25) is 5.91 Å². The van der Waals surface area contributed by atoms with Crippen molar-refractivity contribution in [2.45, 2.75) is 346 Å². The summed E-state index contributed by atoms with van der Waals surface area (Å²) in [6.45, 7) is 4.34. The first-order chi connectivity index (χ1) is 36.2. The molecule has 1 rings (SSSR count). The van der Waals surface area contributed by atoms with Crippen LogP contribution in [0, 0.1) is 0 Å². The molecule has 1 saturated heterocycles. The van der Waals surface area contributed by atoms with E-state index in [2.05, 4.69) is 31.3 Å². The molecule has 0 aromatic carbocycles. The van der Waals surface area contributed by atoms with Crippen molar-refractivity contribution >= 4 is 11.9 Å². The van der Waals surface area contributed by atoms with Crippen molar-refractivity contribution in [1.29, 1.82) is 0 Å². The first kappa shape index (κ1) is 70.2. The van der Waals surface area contributed by atoms with Crippen LogP contribution in [0.4, 0.5) is 0 Å². The third kappa shape index (κ3) is 42.2. The average Bonchev–Trinajstić information content (AvgIpc) is 3.40. The summed E-state index contributed by atoms with van der Waals surface area (Å²) in [4.78, 5) is 25.0. The van der Waals surface area contributed by atoms with Gasteiger partial charge in [0.15, 0.2) is 6.29 Å². The van der Waals surface area contributed by atoms with Crippen molar-refractivity contribution in [1.82, 2.24) is 5.32 Å². The summed E-state index contributed by atoms with van der Waals surface area (Å²) in [6.07, 6.45) is 54.2. The number of nitrogens with one attached hydrogen (secondary N) is 1. The van der Waals surface area contributed by atoms with Crippen molar-refractivity contribution in [3.8, 4) is 0 Å². The van der Waals surface area contributed by atoms with Crippen LogP contribution in [0.2, 0.25) is 0 Å². The second-order valence-electron chi connectivity index (χ2n) is 22.1. The van der Waals surface area contributed by atoms with E-state index in [0.717, 1.165) is 70.6 Å². The van der Waals surface area contributed by atoms with Gasteiger partial charge in [-0.15, -0.1) is 0 Å². The highest BCUT2D eigenvalue weighted by atomic mass is 16.7. The van der Waals surface area contributed by atoms with Crippen LogP contribution in [0.5, 0.6) is 0 Å². The Balaban J connectivity index is 2.05. The zero-order chi connectivity index (χ0) is 53.8. The quantitative estimate of drug-likeness (QED) is 0.0195. The fourth-order valence-corrected chi connectivity index (χ4v) is 10.0. The lowest BCUT2D eigenvalue weighted by Gasteiger charge is -2.40. The molecule has 1 aliphatic rings. The summed E-state index contributed by atoms with van der Waals surface area (Å²) in [5.41, 5.74) is 0. The Kier molecular flexibility index (Phi) is 50.4. The number of amides is 1.